The molecule has 2 aromatic rings. The van der Waals surface area contributed by atoms with Gasteiger partial charge in [0.15, 0.2) is 5.78 Å². The molecule has 1 aliphatic heterocycles. The van der Waals surface area contributed by atoms with Crippen LogP contribution in [0.15, 0.2) is 54.6 Å². The molecule has 164 valence electrons. The monoisotopic (exact) mass is 458 g/mol. The quantitative estimate of drug-likeness (QED) is 0.284. The van der Waals surface area contributed by atoms with E-state index in [9.17, 15) is 14.4 Å². The molecule has 0 saturated carbocycles. The highest BCUT2D eigenvalue weighted by Gasteiger charge is 2.37. The second kappa shape index (κ2) is 11.9. The Morgan fingerprint density at radius 2 is 1.77 bits per heavy atom. The van der Waals surface area contributed by atoms with Crippen LogP contribution >= 0.6 is 23.4 Å². The number of hydrogen-bond donors (Lipinski definition) is 1. The summed E-state index contributed by atoms with van der Waals surface area (Å²) in [6, 6.07) is 17.0. The summed E-state index contributed by atoms with van der Waals surface area (Å²) in [7, 11) is 0. The van der Waals surface area contributed by atoms with Crippen molar-refractivity contribution >= 4 is 41.0 Å². The van der Waals surface area contributed by atoms with Gasteiger partial charge in [0.1, 0.15) is 6.54 Å². The van der Waals surface area contributed by atoms with Crippen molar-refractivity contribution in [3.8, 4) is 0 Å². The highest BCUT2D eigenvalue weighted by atomic mass is 35.5. The van der Waals surface area contributed by atoms with E-state index in [0.717, 1.165) is 25.0 Å². The number of benzene rings is 2. The standard InChI is InChI=1S/C24H27ClN2O3S/c25-20-12-10-19(11-13-20)21(28)9-5-2-6-14-26-22(29)16-27-23(30)15-24(27)31-17-18-7-3-1-4-8-18/h1,3-4,7-8,10-13,24H,2,5-6,9,14-17H2,(H,26,29). The summed E-state index contributed by atoms with van der Waals surface area (Å²) in [4.78, 5) is 37.8. The topological polar surface area (TPSA) is 66.5 Å². The molecule has 0 spiro atoms. The predicted molar refractivity (Wildman–Crippen MR) is 125 cm³/mol. The number of ketones is 1. The molecule has 0 aromatic heterocycles. The molecule has 1 aliphatic rings. The van der Waals surface area contributed by atoms with Crippen LogP contribution in [0.3, 0.4) is 0 Å². The molecule has 31 heavy (non-hydrogen) atoms. The number of nitrogens with zero attached hydrogens (tertiary/aromatic N) is 1. The average molecular weight is 459 g/mol. The Balaban J connectivity index is 1.27. The van der Waals surface area contributed by atoms with Crippen LogP contribution in [0.4, 0.5) is 0 Å². The zero-order valence-electron chi connectivity index (χ0n) is 17.4. The lowest BCUT2D eigenvalue weighted by molar-refractivity contribution is -0.145. The minimum atomic E-state index is -0.129. The fourth-order valence-corrected chi connectivity index (χ4v) is 4.67. The van der Waals surface area contributed by atoms with Crippen molar-refractivity contribution in [3.05, 3.63) is 70.7 Å². The van der Waals surface area contributed by atoms with Gasteiger partial charge in [0, 0.05) is 29.3 Å². The third-order valence-electron chi connectivity index (χ3n) is 5.19. The molecule has 1 heterocycles. The molecule has 0 radical (unpaired) electrons. The molecule has 1 fully saturated rings. The van der Waals surface area contributed by atoms with Gasteiger partial charge >= 0.3 is 0 Å². The number of carbonyl (C=O) groups excluding carboxylic acids is 3. The van der Waals surface area contributed by atoms with E-state index in [1.165, 1.54) is 5.56 Å². The van der Waals surface area contributed by atoms with Crippen LogP contribution in [-0.4, -0.2) is 41.0 Å². The van der Waals surface area contributed by atoms with E-state index < -0.39 is 0 Å². The summed E-state index contributed by atoms with van der Waals surface area (Å²) in [6.45, 7) is 0.665. The summed E-state index contributed by atoms with van der Waals surface area (Å²) < 4.78 is 0. The van der Waals surface area contributed by atoms with Gasteiger partial charge in [-0.3, -0.25) is 14.4 Å². The normalized spacial score (nSPS) is 15.5. The molecule has 3 rings (SSSR count). The zero-order chi connectivity index (χ0) is 22.1. The molecule has 1 atom stereocenters. The smallest absolute Gasteiger partial charge is 0.239 e. The second-order valence-corrected chi connectivity index (χ2v) is 9.17. The third-order valence-corrected chi connectivity index (χ3v) is 6.74. The molecule has 1 N–H and O–H groups in total. The van der Waals surface area contributed by atoms with E-state index in [4.69, 9.17) is 11.6 Å². The van der Waals surface area contributed by atoms with Gasteiger partial charge in [-0.1, -0.05) is 48.4 Å². The lowest BCUT2D eigenvalue weighted by atomic mass is 10.0. The Kier molecular flexibility index (Phi) is 8.98. The van der Waals surface area contributed by atoms with Crippen molar-refractivity contribution in [1.29, 1.82) is 0 Å². The van der Waals surface area contributed by atoms with E-state index in [0.29, 0.717) is 30.0 Å². The Morgan fingerprint density at radius 3 is 2.48 bits per heavy atom. The average Bonchev–Trinajstić information content (AvgIpc) is 2.78. The fraction of sp³-hybridized carbons (Fsp3) is 0.375. The first-order valence-corrected chi connectivity index (χ1v) is 12.0. The van der Waals surface area contributed by atoms with Crippen molar-refractivity contribution in [2.75, 3.05) is 13.1 Å². The SMILES string of the molecule is O=C(CN1C(=O)CC1SCc1ccccc1)NCCCCCC(=O)c1ccc(Cl)cc1. The van der Waals surface area contributed by atoms with Crippen molar-refractivity contribution < 1.29 is 14.4 Å². The summed E-state index contributed by atoms with van der Waals surface area (Å²) in [5.41, 5.74) is 1.89. The number of halogens is 1. The van der Waals surface area contributed by atoms with E-state index in [1.807, 2.05) is 18.2 Å². The van der Waals surface area contributed by atoms with Gasteiger partial charge in [-0.2, -0.15) is 0 Å². The minimum Gasteiger partial charge on any atom is -0.355 e. The van der Waals surface area contributed by atoms with Crippen LogP contribution in [-0.2, 0) is 15.3 Å². The summed E-state index contributed by atoms with van der Waals surface area (Å²) in [6.07, 6.45) is 3.42. The van der Waals surface area contributed by atoms with Gasteiger partial charge in [-0.15, -0.1) is 11.8 Å². The minimum absolute atomic E-state index is 0.0291. The van der Waals surface area contributed by atoms with Gasteiger partial charge in [-0.05, 0) is 42.7 Å². The summed E-state index contributed by atoms with van der Waals surface area (Å²) in [5.74, 6) is 0.833. The Labute approximate surface area is 192 Å². The van der Waals surface area contributed by atoms with Crippen LogP contribution in [0.1, 0.15) is 48.0 Å². The van der Waals surface area contributed by atoms with E-state index in [2.05, 4.69) is 17.4 Å². The van der Waals surface area contributed by atoms with E-state index in [1.54, 1.807) is 40.9 Å². The lowest BCUT2D eigenvalue weighted by Gasteiger charge is -2.39. The largest absolute Gasteiger partial charge is 0.355 e. The molecule has 2 aromatic carbocycles. The molecule has 5 nitrogen and oxygen atoms in total. The zero-order valence-corrected chi connectivity index (χ0v) is 19.0. The van der Waals surface area contributed by atoms with Crippen molar-refractivity contribution in [2.45, 2.75) is 43.2 Å². The van der Waals surface area contributed by atoms with Crippen molar-refractivity contribution in [3.63, 3.8) is 0 Å². The number of unbranched alkanes of at least 4 members (excludes halogenated alkanes) is 2. The Hall–Kier alpha value is -2.31. The van der Waals surface area contributed by atoms with Crippen LogP contribution in [0.5, 0.6) is 0 Å². The van der Waals surface area contributed by atoms with E-state index in [-0.39, 0.29) is 29.5 Å². The van der Waals surface area contributed by atoms with Crippen LogP contribution in [0.2, 0.25) is 5.02 Å². The maximum absolute atomic E-state index is 12.2. The van der Waals surface area contributed by atoms with Gasteiger partial charge in [0.25, 0.3) is 0 Å². The number of nitrogens with one attached hydrogen (secondary N) is 1. The van der Waals surface area contributed by atoms with Crippen LogP contribution in [0.25, 0.3) is 0 Å². The molecule has 7 heteroatoms. The number of Topliss-reactive ketones (excluding diaryl/α,β-unsaturated/α-hetero) is 1. The molecule has 1 unspecified atom stereocenters. The van der Waals surface area contributed by atoms with Crippen molar-refractivity contribution in [1.82, 2.24) is 10.2 Å². The van der Waals surface area contributed by atoms with Crippen molar-refractivity contribution in [2.24, 2.45) is 0 Å². The molecule has 1 saturated heterocycles. The number of likely N-dealkylation sites (tertiary alicyclic amines) is 1. The van der Waals surface area contributed by atoms with Gasteiger partial charge in [0.2, 0.25) is 11.8 Å². The van der Waals surface area contributed by atoms with Crippen LogP contribution in [0, 0.1) is 0 Å². The summed E-state index contributed by atoms with van der Waals surface area (Å²) >= 11 is 7.53. The Bertz CT molecular complexity index is 889. The summed E-state index contributed by atoms with van der Waals surface area (Å²) in [5, 5.41) is 3.57. The number of β-lactam (4-membered cyclic amide) rings is 1. The number of carbonyl (C=O) groups is 3. The first-order chi connectivity index (χ1) is 15.0. The number of rotatable bonds is 12. The predicted octanol–water partition coefficient (Wildman–Crippen LogP) is 4.69. The fourth-order valence-electron chi connectivity index (χ4n) is 3.34. The maximum atomic E-state index is 12.2. The first-order valence-electron chi connectivity index (χ1n) is 10.5. The van der Waals surface area contributed by atoms with Gasteiger partial charge < -0.3 is 10.2 Å². The highest BCUT2D eigenvalue weighted by Crippen LogP contribution is 2.31. The lowest BCUT2D eigenvalue weighted by Crippen LogP contribution is -2.54. The van der Waals surface area contributed by atoms with Gasteiger partial charge in [0.05, 0.1) is 11.8 Å². The van der Waals surface area contributed by atoms with Crippen LogP contribution < -0.4 is 5.32 Å². The van der Waals surface area contributed by atoms with E-state index >= 15 is 0 Å². The Morgan fingerprint density at radius 1 is 1.03 bits per heavy atom. The molecular formula is C24H27ClN2O3S. The second-order valence-electron chi connectivity index (χ2n) is 7.57. The molecule has 0 bridgehead atoms. The molecule has 2 amide bonds. The number of amides is 2. The third kappa shape index (κ3) is 7.40. The maximum Gasteiger partial charge on any atom is 0.239 e. The molecular weight excluding hydrogens is 432 g/mol. The highest BCUT2D eigenvalue weighted by molar-refractivity contribution is 7.99. The molecule has 0 aliphatic carbocycles. The number of thioether (sulfide) groups is 1. The first kappa shape index (κ1) is 23.4. The number of hydrogen-bond acceptors (Lipinski definition) is 4. The van der Waals surface area contributed by atoms with Gasteiger partial charge in [-0.25, -0.2) is 0 Å².